The van der Waals surface area contributed by atoms with Gasteiger partial charge in [-0.2, -0.15) is 0 Å². The predicted molar refractivity (Wildman–Crippen MR) is 93.4 cm³/mol. The number of nitrogens with zero attached hydrogens (tertiary/aromatic N) is 2. The van der Waals surface area contributed by atoms with Crippen molar-refractivity contribution in [1.82, 2.24) is 9.55 Å². The standard InChI is InChI=1S/C19H16N2O4/c1-10(22)14-8-20-9-15-13(14)6-16-12-7-17(23)18(25-2)5-11(12)3-4-21(16)19(15)24/h5-9,23H,3-4H2,1-2H3. The maximum atomic E-state index is 12.9. The normalized spacial score (nSPS) is 12.6. The summed E-state index contributed by atoms with van der Waals surface area (Å²) >= 11 is 0. The molecule has 0 bridgehead atoms. The molecule has 0 unspecified atom stereocenters. The van der Waals surface area contributed by atoms with Gasteiger partial charge in [0.25, 0.3) is 5.56 Å². The Morgan fingerprint density at radius 2 is 2.04 bits per heavy atom. The number of carbonyl (C=O) groups excluding carboxylic acids is 1. The number of ether oxygens (including phenoxy) is 1. The summed E-state index contributed by atoms with van der Waals surface area (Å²) in [7, 11) is 1.50. The van der Waals surface area contributed by atoms with Gasteiger partial charge >= 0.3 is 0 Å². The first-order valence-electron chi connectivity index (χ1n) is 7.94. The zero-order valence-electron chi connectivity index (χ0n) is 13.9. The number of phenols is 1. The molecule has 0 spiro atoms. The van der Waals surface area contributed by atoms with E-state index in [0.29, 0.717) is 40.7 Å². The number of benzene rings is 1. The Labute approximate surface area is 143 Å². The van der Waals surface area contributed by atoms with E-state index in [4.69, 9.17) is 4.74 Å². The van der Waals surface area contributed by atoms with Gasteiger partial charge < -0.3 is 14.4 Å². The molecule has 0 atom stereocenters. The van der Waals surface area contributed by atoms with Gasteiger partial charge in [0, 0.05) is 35.5 Å². The Balaban J connectivity index is 2.09. The Bertz CT molecular complexity index is 1100. The monoisotopic (exact) mass is 336 g/mol. The molecule has 6 heteroatoms. The van der Waals surface area contributed by atoms with Crippen molar-refractivity contribution in [3.8, 4) is 22.8 Å². The van der Waals surface area contributed by atoms with Crippen molar-refractivity contribution in [1.29, 1.82) is 0 Å². The van der Waals surface area contributed by atoms with Gasteiger partial charge in [-0.05, 0) is 37.1 Å². The Morgan fingerprint density at radius 3 is 2.76 bits per heavy atom. The van der Waals surface area contributed by atoms with Gasteiger partial charge in [0.2, 0.25) is 0 Å². The van der Waals surface area contributed by atoms with E-state index in [1.807, 2.05) is 6.07 Å². The quantitative estimate of drug-likeness (QED) is 0.727. The lowest BCUT2D eigenvalue weighted by atomic mass is 9.94. The first-order valence-corrected chi connectivity index (χ1v) is 7.94. The Morgan fingerprint density at radius 1 is 1.24 bits per heavy atom. The van der Waals surface area contributed by atoms with E-state index in [0.717, 1.165) is 11.1 Å². The number of pyridine rings is 2. The summed E-state index contributed by atoms with van der Waals surface area (Å²) in [5, 5.41) is 11.2. The molecule has 6 nitrogen and oxygen atoms in total. The van der Waals surface area contributed by atoms with Crippen LogP contribution in [0.5, 0.6) is 11.5 Å². The second kappa shape index (κ2) is 5.44. The molecular weight excluding hydrogens is 320 g/mol. The van der Waals surface area contributed by atoms with E-state index in [-0.39, 0.29) is 17.1 Å². The number of aromatic hydroxyl groups is 1. The Kier molecular flexibility index (Phi) is 3.35. The first-order chi connectivity index (χ1) is 12.0. The van der Waals surface area contributed by atoms with Gasteiger partial charge in [-0.15, -0.1) is 0 Å². The zero-order valence-corrected chi connectivity index (χ0v) is 13.9. The highest BCUT2D eigenvalue weighted by molar-refractivity contribution is 6.07. The summed E-state index contributed by atoms with van der Waals surface area (Å²) in [6.45, 7) is 1.98. The van der Waals surface area contributed by atoms with Crippen molar-refractivity contribution in [2.45, 2.75) is 19.9 Å². The zero-order chi connectivity index (χ0) is 17.7. The van der Waals surface area contributed by atoms with E-state index in [9.17, 15) is 14.7 Å². The largest absolute Gasteiger partial charge is 0.504 e. The summed E-state index contributed by atoms with van der Waals surface area (Å²) in [5.41, 5.74) is 2.69. The third kappa shape index (κ3) is 2.21. The molecule has 126 valence electrons. The van der Waals surface area contributed by atoms with Crippen molar-refractivity contribution < 1.29 is 14.6 Å². The van der Waals surface area contributed by atoms with E-state index in [1.165, 1.54) is 26.4 Å². The van der Waals surface area contributed by atoms with Crippen LogP contribution in [0.4, 0.5) is 0 Å². The number of aromatic nitrogens is 2. The third-order valence-corrected chi connectivity index (χ3v) is 4.70. The summed E-state index contributed by atoms with van der Waals surface area (Å²) < 4.78 is 6.84. The molecular formula is C19H16N2O4. The smallest absolute Gasteiger partial charge is 0.260 e. The lowest BCUT2D eigenvalue weighted by molar-refractivity contribution is 0.101. The van der Waals surface area contributed by atoms with E-state index in [1.54, 1.807) is 16.7 Å². The molecule has 3 heterocycles. The van der Waals surface area contributed by atoms with Crippen LogP contribution in [0.15, 0.2) is 35.4 Å². The average molecular weight is 336 g/mol. The van der Waals surface area contributed by atoms with Gasteiger partial charge in [-0.3, -0.25) is 14.6 Å². The van der Waals surface area contributed by atoms with E-state index in [2.05, 4.69) is 4.98 Å². The summed E-state index contributed by atoms with van der Waals surface area (Å²) in [4.78, 5) is 28.8. The highest BCUT2D eigenvalue weighted by Gasteiger charge is 2.22. The van der Waals surface area contributed by atoms with Crippen LogP contribution in [0.25, 0.3) is 22.0 Å². The molecule has 1 aromatic carbocycles. The number of ketones is 1. The summed E-state index contributed by atoms with van der Waals surface area (Å²) in [6, 6.07) is 5.24. The van der Waals surface area contributed by atoms with Crippen LogP contribution in [0.3, 0.4) is 0 Å². The highest BCUT2D eigenvalue weighted by Crippen LogP contribution is 2.38. The second-order valence-electron chi connectivity index (χ2n) is 6.12. The number of rotatable bonds is 2. The van der Waals surface area contributed by atoms with Crippen molar-refractivity contribution in [2.24, 2.45) is 0 Å². The highest BCUT2D eigenvalue weighted by atomic mass is 16.5. The second-order valence-corrected chi connectivity index (χ2v) is 6.12. The molecule has 1 N–H and O–H groups in total. The molecule has 1 aliphatic heterocycles. The average Bonchev–Trinajstić information content (AvgIpc) is 2.61. The van der Waals surface area contributed by atoms with Crippen LogP contribution in [-0.2, 0) is 13.0 Å². The minimum Gasteiger partial charge on any atom is -0.504 e. The predicted octanol–water partition coefficient (Wildman–Crippen LogP) is 2.54. The van der Waals surface area contributed by atoms with Gasteiger partial charge in [-0.25, -0.2) is 0 Å². The van der Waals surface area contributed by atoms with Gasteiger partial charge in [0.15, 0.2) is 17.3 Å². The minimum absolute atomic E-state index is 0.0174. The molecule has 0 saturated carbocycles. The number of carbonyl (C=O) groups is 1. The van der Waals surface area contributed by atoms with E-state index >= 15 is 0 Å². The minimum atomic E-state index is -0.177. The van der Waals surface area contributed by atoms with Crippen LogP contribution in [-0.4, -0.2) is 27.6 Å². The fraction of sp³-hybridized carbons (Fsp3) is 0.211. The number of fused-ring (bicyclic) bond motifs is 4. The fourth-order valence-corrected chi connectivity index (χ4v) is 3.44. The lowest BCUT2D eigenvalue weighted by Gasteiger charge is -2.23. The number of hydrogen-bond donors (Lipinski definition) is 1. The van der Waals surface area contributed by atoms with Gasteiger partial charge in [-0.1, -0.05) is 0 Å². The molecule has 0 saturated heterocycles. The first kappa shape index (κ1) is 15.4. The summed E-state index contributed by atoms with van der Waals surface area (Å²) in [5.74, 6) is 0.281. The maximum absolute atomic E-state index is 12.9. The van der Waals surface area contributed by atoms with Gasteiger partial charge in [0.1, 0.15) is 0 Å². The topological polar surface area (TPSA) is 81.4 Å². The molecule has 0 amide bonds. The molecule has 4 rings (SSSR count). The molecule has 0 fully saturated rings. The number of hydrogen-bond acceptors (Lipinski definition) is 5. The van der Waals surface area contributed by atoms with Crippen molar-refractivity contribution in [3.63, 3.8) is 0 Å². The molecule has 3 aromatic rings. The number of Topliss-reactive ketones (excluding diaryl/α,β-unsaturated/α-hetero) is 1. The third-order valence-electron chi connectivity index (χ3n) is 4.70. The van der Waals surface area contributed by atoms with Crippen LogP contribution in [0, 0.1) is 0 Å². The number of methoxy groups -OCH3 is 1. The Hall–Kier alpha value is -3.15. The summed E-state index contributed by atoms with van der Waals surface area (Å²) in [6.07, 6.45) is 3.64. The molecule has 2 aromatic heterocycles. The van der Waals surface area contributed by atoms with Gasteiger partial charge in [0.05, 0.1) is 18.2 Å². The SMILES string of the molecule is COc1cc2c(cc1O)-c1cc3c(C(C)=O)cncc3c(=O)n1CC2. The lowest BCUT2D eigenvalue weighted by Crippen LogP contribution is -2.26. The fourth-order valence-electron chi connectivity index (χ4n) is 3.44. The number of aryl methyl sites for hydroxylation is 1. The number of phenolic OH excluding ortho intramolecular Hbond substituents is 1. The van der Waals surface area contributed by atoms with E-state index < -0.39 is 0 Å². The van der Waals surface area contributed by atoms with Crippen molar-refractivity contribution in [3.05, 3.63) is 52.1 Å². The van der Waals surface area contributed by atoms with Crippen LogP contribution in [0.1, 0.15) is 22.8 Å². The maximum Gasteiger partial charge on any atom is 0.260 e. The van der Waals surface area contributed by atoms with Crippen molar-refractivity contribution in [2.75, 3.05) is 7.11 Å². The van der Waals surface area contributed by atoms with Crippen molar-refractivity contribution >= 4 is 16.6 Å². The molecule has 0 aliphatic carbocycles. The van der Waals surface area contributed by atoms with Crippen LogP contribution in [0.2, 0.25) is 0 Å². The van der Waals surface area contributed by atoms with Crippen LogP contribution < -0.4 is 10.3 Å². The molecule has 25 heavy (non-hydrogen) atoms. The van der Waals surface area contributed by atoms with Crippen LogP contribution >= 0.6 is 0 Å². The molecule has 0 radical (unpaired) electrons. The molecule has 1 aliphatic rings.